The normalized spacial score (nSPS) is 26.3. The number of benzene rings is 1. The van der Waals surface area contributed by atoms with Gasteiger partial charge in [-0.3, -0.25) is 4.90 Å². The highest BCUT2D eigenvalue weighted by atomic mass is 16.3. The average Bonchev–Trinajstić information content (AvgIpc) is 2.41. The number of rotatable bonds is 4. The summed E-state index contributed by atoms with van der Waals surface area (Å²) in [4.78, 5) is 2.59. The molecule has 3 unspecified atom stereocenters. The Labute approximate surface area is 116 Å². The summed E-state index contributed by atoms with van der Waals surface area (Å²) in [6.07, 6.45) is 1.22. The van der Waals surface area contributed by atoms with Gasteiger partial charge in [-0.2, -0.15) is 0 Å². The number of phenols is 1. The quantitative estimate of drug-likeness (QED) is 0.875. The minimum atomic E-state index is 0.343. The first-order valence-electron chi connectivity index (χ1n) is 7.35. The molecule has 0 radical (unpaired) electrons. The molecule has 19 heavy (non-hydrogen) atoms. The average molecular weight is 262 g/mol. The Morgan fingerprint density at radius 2 is 2.05 bits per heavy atom. The third-order valence-electron chi connectivity index (χ3n) is 4.28. The lowest BCUT2D eigenvalue weighted by Gasteiger charge is -2.42. The predicted octanol–water partition coefficient (Wildman–Crippen LogP) is 2.60. The molecule has 3 nitrogen and oxygen atoms in total. The zero-order chi connectivity index (χ0) is 13.8. The van der Waals surface area contributed by atoms with Crippen LogP contribution < -0.4 is 5.32 Å². The van der Waals surface area contributed by atoms with Crippen LogP contribution in [0, 0.1) is 5.92 Å². The van der Waals surface area contributed by atoms with E-state index in [1.807, 2.05) is 12.1 Å². The lowest BCUT2D eigenvalue weighted by Crippen LogP contribution is -2.57. The standard InChI is InChI=1S/C16H26N2O/c1-4-12(2)16-9-17-13(3)10-18(16)11-14-5-7-15(19)8-6-14/h5-8,12-13,16-17,19H,4,9-11H2,1-3H3. The monoisotopic (exact) mass is 262 g/mol. The van der Waals surface area contributed by atoms with Crippen LogP contribution in [-0.2, 0) is 6.54 Å². The van der Waals surface area contributed by atoms with Crippen molar-refractivity contribution in [2.75, 3.05) is 13.1 Å². The highest BCUT2D eigenvalue weighted by molar-refractivity contribution is 5.25. The molecule has 1 saturated heterocycles. The zero-order valence-electron chi connectivity index (χ0n) is 12.3. The number of nitrogens with zero attached hydrogens (tertiary/aromatic N) is 1. The van der Waals surface area contributed by atoms with E-state index < -0.39 is 0 Å². The molecule has 1 aromatic rings. The first kappa shape index (κ1) is 14.4. The van der Waals surface area contributed by atoms with E-state index in [-0.39, 0.29) is 0 Å². The van der Waals surface area contributed by atoms with Crippen LogP contribution in [0.2, 0.25) is 0 Å². The van der Waals surface area contributed by atoms with Crippen LogP contribution in [0.4, 0.5) is 0 Å². The molecular weight excluding hydrogens is 236 g/mol. The van der Waals surface area contributed by atoms with Gasteiger partial charge in [0.1, 0.15) is 5.75 Å². The van der Waals surface area contributed by atoms with Crippen molar-refractivity contribution < 1.29 is 5.11 Å². The van der Waals surface area contributed by atoms with Crippen LogP contribution in [0.1, 0.15) is 32.8 Å². The van der Waals surface area contributed by atoms with E-state index in [4.69, 9.17) is 0 Å². The Morgan fingerprint density at radius 3 is 2.68 bits per heavy atom. The largest absolute Gasteiger partial charge is 0.508 e. The second-order valence-electron chi connectivity index (χ2n) is 5.86. The summed E-state index contributed by atoms with van der Waals surface area (Å²) in [5, 5.41) is 12.9. The Morgan fingerprint density at radius 1 is 1.37 bits per heavy atom. The van der Waals surface area contributed by atoms with Crippen molar-refractivity contribution in [2.24, 2.45) is 5.92 Å². The lowest BCUT2D eigenvalue weighted by atomic mass is 9.94. The molecule has 1 fully saturated rings. The molecule has 2 N–H and O–H groups in total. The Kier molecular flexibility index (Phi) is 4.83. The molecule has 0 aliphatic carbocycles. The maximum Gasteiger partial charge on any atom is 0.115 e. The van der Waals surface area contributed by atoms with Crippen molar-refractivity contribution in [3.8, 4) is 5.75 Å². The first-order valence-corrected chi connectivity index (χ1v) is 7.35. The Balaban J connectivity index is 2.07. The second-order valence-corrected chi connectivity index (χ2v) is 5.86. The van der Waals surface area contributed by atoms with Crippen LogP contribution in [0.25, 0.3) is 0 Å². The van der Waals surface area contributed by atoms with Crippen LogP contribution in [0.3, 0.4) is 0 Å². The van der Waals surface area contributed by atoms with E-state index in [1.165, 1.54) is 12.0 Å². The van der Waals surface area contributed by atoms with Crippen molar-refractivity contribution in [3.63, 3.8) is 0 Å². The lowest BCUT2D eigenvalue weighted by molar-refractivity contribution is 0.0885. The first-order chi connectivity index (χ1) is 9.10. The molecule has 0 spiro atoms. The van der Waals surface area contributed by atoms with Gasteiger partial charge in [0.05, 0.1) is 0 Å². The number of aromatic hydroxyl groups is 1. The molecule has 106 valence electrons. The predicted molar refractivity (Wildman–Crippen MR) is 79.2 cm³/mol. The summed E-state index contributed by atoms with van der Waals surface area (Å²) in [5.41, 5.74) is 1.28. The summed E-state index contributed by atoms with van der Waals surface area (Å²) in [7, 11) is 0. The molecule has 1 aliphatic heterocycles. The van der Waals surface area contributed by atoms with E-state index in [1.54, 1.807) is 12.1 Å². The molecule has 0 bridgehead atoms. The van der Waals surface area contributed by atoms with E-state index in [9.17, 15) is 5.11 Å². The smallest absolute Gasteiger partial charge is 0.115 e. The molecular formula is C16H26N2O. The number of piperazine rings is 1. The molecule has 0 saturated carbocycles. The maximum atomic E-state index is 9.36. The van der Waals surface area contributed by atoms with Gasteiger partial charge in [-0.15, -0.1) is 0 Å². The van der Waals surface area contributed by atoms with Gasteiger partial charge in [-0.1, -0.05) is 32.4 Å². The van der Waals surface area contributed by atoms with Gasteiger partial charge in [0.2, 0.25) is 0 Å². The molecule has 3 atom stereocenters. The summed E-state index contributed by atoms with van der Waals surface area (Å²) in [5.74, 6) is 1.05. The summed E-state index contributed by atoms with van der Waals surface area (Å²) in [6, 6.07) is 8.76. The Bertz CT molecular complexity index is 390. The fourth-order valence-corrected chi connectivity index (χ4v) is 2.85. The van der Waals surface area contributed by atoms with E-state index in [2.05, 4.69) is 31.0 Å². The maximum absolute atomic E-state index is 9.36. The molecule has 2 rings (SSSR count). The molecule has 0 aromatic heterocycles. The number of nitrogens with one attached hydrogen (secondary N) is 1. The van der Waals surface area contributed by atoms with Crippen LogP contribution in [0.5, 0.6) is 5.75 Å². The van der Waals surface area contributed by atoms with Crippen molar-refractivity contribution in [1.82, 2.24) is 10.2 Å². The highest BCUT2D eigenvalue weighted by Gasteiger charge is 2.28. The minimum absolute atomic E-state index is 0.343. The van der Waals surface area contributed by atoms with Gasteiger partial charge < -0.3 is 10.4 Å². The molecule has 1 aliphatic rings. The van der Waals surface area contributed by atoms with Gasteiger partial charge in [0, 0.05) is 31.7 Å². The zero-order valence-corrected chi connectivity index (χ0v) is 12.3. The molecule has 3 heteroatoms. The number of hydrogen-bond acceptors (Lipinski definition) is 3. The van der Waals surface area contributed by atoms with Gasteiger partial charge >= 0.3 is 0 Å². The number of phenolic OH excluding ortho intramolecular Hbond substituents is 1. The van der Waals surface area contributed by atoms with E-state index >= 15 is 0 Å². The third-order valence-corrected chi connectivity index (χ3v) is 4.28. The fourth-order valence-electron chi connectivity index (χ4n) is 2.85. The fraction of sp³-hybridized carbons (Fsp3) is 0.625. The SMILES string of the molecule is CCC(C)C1CNC(C)CN1Cc1ccc(O)cc1. The van der Waals surface area contributed by atoms with Crippen molar-refractivity contribution in [3.05, 3.63) is 29.8 Å². The van der Waals surface area contributed by atoms with Crippen molar-refractivity contribution >= 4 is 0 Å². The topological polar surface area (TPSA) is 35.5 Å². The third kappa shape index (κ3) is 3.71. The van der Waals surface area contributed by atoms with E-state index in [0.717, 1.165) is 19.6 Å². The van der Waals surface area contributed by atoms with Gasteiger partial charge in [0.25, 0.3) is 0 Å². The van der Waals surface area contributed by atoms with Gasteiger partial charge in [0.15, 0.2) is 0 Å². The summed E-state index contributed by atoms with van der Waals surface area (Å²) >= 11 is 0. The van der Waals surface area contributed by atoms with E-state index in [0.29, 0.717) is 23.8 Å². The molecule has 1 heterocycles. The van der Waals surface area contributed by atoms with Crippen molar-refractivity contribution in [2.45, 2.75) is 45.8 Å². The van der Waals surface area contributed by atoms with Gasteiger partial charge in [-0.25, -0.2) is 0 Å². The van der Waals surface area contributed by atoms with Crippen LogP contribution >= 0.6 is 0 Å². The van der Waals surface area contributed by atoms with Gasteiger partial charge in [-0.05, 0) is 30.5 Å². The number of hydrogen-bond donors (Lipinski definition) is 2. The molecule has 1 aromatic carbocycles. The second kappa shape index (κ2) is 6.40. The minimum Gasteiger partial charge on any atom is -0.508 e. The summed E-state index contributed by atoms with van der Waals surface area (Å²) < 4.78 is 0. The summed E-state index contributed by atoms with van der Waals surface area (Å²) in [6.45, 7) is 10.00. The highest BCUT2D eigenvalue weighted by Crippen LogP contribution is 2.21. The Hall–Kier alpha value is -1.06. The van der Waals surface area contributed by atoms with Crippen molar-refractivity contribution in [1.29, 1.82) is 0 Å². The van der Waals surface area contributed by atoms with Crippen LogP contribution in [0.15, 0.2) is 24.3 Å². The molecule has 0 amide bonds. The van der Waals surface area contributed by atoms with Crippen LogP contribution in [-0.4, -0.2) is 35.2 Å².